The molecule has 1 N–H and O–H groups in total. The van der Waals surface area contributed by atoms with Crippen LogP contribution >= 0.6 is 0 Å². The van der Waals surface area contributed by atoms with Gasteiger partial charge in [-0.3, -0.25) is 0 Å². The lowest BCUT2D eigenvalue weighted by atomic mass is 9.88. The van der Waals surface area contributed by atoms with Crippen molar-refractivity contribution >= 4 is 11.1 Å². The summed E-state index contributed by atoms with van der Waals surface area (Å²) in [6.07, 6.45) is 0.870. The lowest BCUT2D eigenvalue weighted by Crippen LogP contribution is -1.95. The predicted octanol–water partition coefficient (Wildman–Crippen LogP) is 5.78. The number of rotatable bonds is 6. The van der Waals surface area contributed by atoms with E-state index in [1.165, 1.54) is 5.57 Å². The SMILES string of the molecule is CC/C(=C(\c1ccc(O)cc1)c1ccc(OC)cc1)c1ccc(OC)cc1. The molecule has 3 nitrogen and oxygen atoms in total. The van der Waals surface area contributed by atoms with E-state index in [1.807, 2.05) is 36.4 Å². The third-order valence-corrected chi connectivity index (χ3v) is 4.63. The molecule has 0 aliphatic carbocycles. The lowest BCUT2D eigenvalue weighted by molar-refractivity contribution is 0.414. The quantitative estimate of drug-likeness (QED) is 0.566. The Labute approximate surface area is 160 Å². The summed E-state index contributed by atoms with van der Waals surface area (Å²) in [5.41, 5.74) is 5.69. The van der Waals surface area contributed by atoms with Gasteiger partial charge in [-0.1, -0.05) is 43.3 Å². The Morgan fingerprint density at radius 3 is 1.48 bits per heavy atom. The highest BCUT2D eigenvalue weighted by Crippen LogP contribution is 2.36. The molecule has 0 aliphatic rings. The number of methoxy groups -OCH3 is 2. The second kappa shape index (κ2) is 8.45. The summed E-state index contributed by atoms with van der Waals surface area (Å²) in [7, 11) is 3.34. The van der Waals surface area contributed by atoms with Gasteiger partial charge >= 0.3 is 0 Å². The van der Waals surface area contributed by atoms with Crippen LogP contribution in [0, 0.1) is 0 Å². The number of benzene rings is 3. The second-order valence-electron chi connectivity index (χ2n) is 6.21. The van der Waals surface area contributed by atoms with Gasteiger partial charge in [0.15, 0.2) is 0 Å². The molecule has 3 heteroatoms. The van der Waals surface area contributed by atoms with Gasteiger partial charge in [-0.25, -0.2) is 0 Å². The second-order valence-corrected chi connectivity index (χ2v) is 6.21. The van der Waals surface area contributed by atoms with Crippen LogP contribution in [0.25, 0.3) is 11.1 Å². The molecular weight excluding hydrogens is 336 g/mol. The van der Waals surface area contributed by atoms with Crippen LogP contribution in [0.15, 0.2) is 72.8 Å². The maximum atomic E-state index is 9.70. The summed E-state index contributed by atoms with van der Waals surface area (Å²) in [4.78, 5) is 0. The van der Waals surface area contributed by atoms with Crippen LogP contribution in [0.3, 0.4) is 0 Å². The minimum absolute atomic E-state index is 0.260. The summed E-state index contributed by atoms with van der Waals surface area (Å²) < 4.78 is 10.6. The molecule has 0 atom stereocenters. The van der Waals surface area contributed by atoms with Crippen molar-refractivity contribution in [2.75, 3.05) is 14.2 Å². The molecule has 0 amide bonds. The van der Waals surface area contributed by atoms with Gasteiger partial charge in [0.2, 0.25) is 0 Å². The third-order valence-electron chi connectivity index (χ3n) is 4.63. The van der Waals surface area contributed by atoms with E-state index in [0.29, 0.717) is 0 Å². The van der Waals surface area contributed by atoms with Crippen molar-refractivity contribution in [3.05, 3.63) is 89.5 Å². The molecule has 0 aliphatic heterocycles. The minimum atomic E-state index is 0.260. The van der Waals surface area contributed by atoms with E-state index in [-0.39, 0.29) is 5.75 Å². The number of hydrogen-bond donors (Lipinski definition) is 1. The van der Waals surface area contributed by atoms with E-state index < -0.39 is 0 Å². The number of phenols is 1. The minimum Gasteiger partial charge on any atom is -0.508 e. The van der Waals surface area contributed by atoms with Crippen molar-refractivity contribution in [3.63, 3.8) is 0 Å². The maximum Gasteiger partial charge on any atom is 0.118 e. The molecule has 0 bridgehead atoms. The van der Waals surface area contributed by atoms with E-state index in [4.69, 9.17) is 9.47 Å². The molecule has 0 aromatic heterocycles. The van der Waals surface area contributed by atoms with Gasteiger partial charge in [0, 0.05) is 0 Å². The van der Waals surface area contributed by atoms with Crippen molar-refractivity contribution in [1.82, 2.24) is 0 Å². The summed E-state index contributed by atoms with van der Waals surface area (Å²) >= 11 is 0. The zero-order valence-electron chi connectivity index (χ0n) is 15.9. The fourth-order valence-electron chi connectivity index (χ4n) is 3.22. The van der Waals surface area contributed by atoms with Crippen LogP contribution in [0.4, 0.5) is 0 Å². The van der Waals surface area contributed by atoms with Crippen molar-refractivity contribution in [1.29, 1.82) is 0 Å². The molecule has 0 radical (unpaired) electrons. The number of allylic oxidation sites excluding steroid dienone is 1. The Kier molecular flexibility index (Phi) is 5.82. The fourth-order valence-corrected chi connectivity index (χ4v) is 3.22. The predicted molar refractivity (Wildman–Crippen MR) is 110 cm³/mol. The summed E-state index contributed by atoms with van der Waals surface area (Å²) in [6.45, 7) is 2.16. The van der Waals surface area contributed by atoms with Crippen LogP contribution in [0.1, 0.15) is 30.0 Å². The molecule has 0 saturated carbocycles. The lowest BCUT2D eigenvalue weighted by Gasteiger charge is -2.17. The fraction of sp³-hybridized carbons (Fsp3) is 0.167. The molecule has 3 rings (SSSR count). The van der Waals surface area contributed by atoms with Crippen molar-refractivity contribution in [2.24, 2.45) is 0 Å². The van der Waals surface area contributed by atoms with E-state index in [0.717, 1.165) is 40.2 Å². The van der Waals surface area contributed by atoms with Crippen molar-refractivity contribution in [3.8, 4) is 17.2 Å². The first-order chi connectivity index (χ1) is 13.2. The van der Waals surface area contributed by atoms with Gasteiger partial charge in [0.05, 0.1) is 14.2 Å². The van der Waals surface area contributed by atoms with Crippen molar-refractivity contribution < 1.29 is 14.6 Å². The molecule has 0 saturated heterocycles. The Balaban J connectivity index is 2.20. The maximum absolute atomic E-state index is 9.70. The Hall–Kier alpha value is -3.20. The highest BCUT2D eigenvalue weighted by atomic mass is 16.5. The summed E-state index contributed by atoms with van der Waals surface area (Å²) in [6, 6.07) is 23.6. The standard InChI is InChI=1S/C24H24O3/c1-4-23(17-7-13-21(26-2)14-8-17)24(18-5-11-20(25)12-6-18)19-9-15-22(27-3)16-10-19/h5-16,25H,4H2,1-3H3/b24-23-. The van der Waals surface area contributed by atoms with E-state index in [2.05, 4.69) is 31.2 Å². The summed E-state index contributed by atoms with van der Waals surface area (Å²) in [5, 5.41) is 9.70. The van der Waals surface area contributed by atoms with Gasteiger partial charge in [-0.05, 0) is 70.7 Å². The van der Waals surface area contributed by atoms with Gasteiger partial charge in [0.25, 0.3) is 0 Å². The van der Waals surface area contributed by atoms with Gasteiger partial charge in [-0.15, -0.1) is 0 Å². The molecule has 0 unspecified atom stereocenters. The van der Waals surface area contributed by atoms with Gasteiger partial charge in [0.1, 0.15) is 17.2 Å². The first kappa shape index (κ1) is 18.6. The van der Waals surface area contributed by atoms with Gasteiger partial charge < -0.3 is 14.6 Å². The van der Waals surface area contributed by atoms with Crippen LogP contribution in [0.2, 0.25) is 0 Å². The monoisotopic (exact) mass is 360 g/mol. The van der Waals surface area contributed by atoms with Crippen LogP contribution in [-0.4, -0.2) is 19.3 Å². The molecule has 27 heavy (non-hydrogen) atoms. The Bertz CT molecular complexity index is 905. The van der Waals surface area contributed by atoms with Crippen LogP contribution in [0.5, 0.6) is 17.2 Å². The largest absolute Gasteiger partial charge is 0.508 e. The molecule has 138 valence electrons. The molecule has 0 heterocycles. The first-order valence-corrected chi connectivity index (χ1v) is 8.97. The van der Waals surface area contributed by atoms with E-state index in [1.54, 1.807) is 26.4 Å². The topological polar surface area (TPSA) is 38.7 Å². The average molecular weight is 360 g/mol. The van der Waals surface area contributed by atoms with E-state index in [9.17, 15) is 5.11 Å². The molecule has 3 aromatic carbocycles. The molecule has 3 aromatic rings. The zero-order valence-corrected chi connectivity index (χ0v) is 15.9. The number of hydrogen-bond acceptors (Lipinski definition) is 3. The summed E-state index contributed by atoms with van der Waals surface area (Å²) in [5.74, 6) is 1.92. The van der Waals surface area contributed by atoms with Crippen LogP contribution in [-0.2, 0) is 0 Å². The highest BCUT2D eigenvalue weighted by molar-refractivity contribution is 5.98. The van der Waals surface area contributed by atoms with Gasteiger partial charge in [-0.2, -0.15) is 0 Å². The molecule has 0 fully saturated rings. The highest BCUT2D eigenvalue weighted by Gasteiger charge is 2.13. The first-order valence-electron chi connectivity index (χ1n) is 8.97. The number of ether oxygens (including phenoxy) is 2. The third kappa shape index (κ3) is 4.14. The van der Waals surface area contributed by atoms with Crippen LogP contribution < -0.4 is 9.47 Å². The molecule has 0 spiro atoms. The smallest absolute Gasteiger partial charge is 0.118 e. The normalized spacial score (nSPS) is 11.7. The van der Waals surface area contributed by atoms with Crippen molar-refractivity contribution in [2.45, 2.75) is 13.3 Å². The van der Waals surface area contributed by atoms with E-state index >= 15 is 0 Å². The number of phenolic OH excluding ortho intramolecular Hbond substituents is 1. The zero-order chi connectivity index (χ0) is 19.2. The Morgan fingerprint density at radius 1 is 0.667 bits per heavy atom. The number of aromatic hydroxyl groups is 1. The molecular formula is C24H24O3. The average Bonchev–Trinajstić information content (AvgIpc) is 2.73. The Morgan fingerprint density at radius 2 is 1.07 bits per heavy atom.